The average molecular weight is 377 g/mol. The lowest BCUT2D eigenvalue weighted by atomic mass is 9.96. The van der Waals surface area contributed by atoms with Gasteiger partial charge < -0.3 is 10.1 Å². The third-order valence-corrected chi connectivity index (χ3v) is 4.60. The zero-order valence-electron chi connectivity index (χ0n) is 12.3. The number of aromatic nitrogens is 1. The Kier molecular flexibility index (Phi) is 5.18. The van der Waals surface area contributed by atoms with Crippen molar-refractivity contribution in [2.75, 3.05) is 13.1 Å². The SMILES string of the molecule is Fc1cncc(C(Oc2c(Cl)c(F)cc(F)c2Cl)C2CCNC2)c1. The Labute approximate surface area is 146 Å². The molecule has 1 fully saturated rings. The van der Waals surface area contributed by atoms with E-state index in [1.54, 1.807) is 0 Å². The van der Waals surface area contributed by atoms with Crippen molar-refractivity contribution in [3.8, 4) is 5.75 Å². The number of nitrogens with one attached hydrogen (secondary N) is 1. The highest BCUT2D eigenvalue weighted by molar-refractivity contribution is 6.37. The maximum absolute atomic E-state index is 13.7. The number of hydrogen-bond donors (Lipinski definition) is 1. The van der Waals surface area contributed by atoms with Gasteiger partial charge in [-0.3, -0.25) is 4.98 Å². The molecule has 1 saturated heterocycles. The van der Waals surface area contributed by atoms with Crippen LogP contribution in [0.15, 0.2) is 24.5 Å². The quantitative estimate of drug-likeness (QED) is 0.795. The molecule has 3 nitrogen and oxygen atoms in total. The highest BCUT2D eigenvalue weighted by Crippen LogP contribution is 2.41. The number of ether oxygens (including phenoxy) is 1. The molecular weight excluding hydrogens is 364 g/mol. The summed E-state index contributed by atoms with van der Waals surface area (Å²) in [6.45, 7) is 1.36. The van der Waals surface area contributed by atoms with E-state index in [1.807, 2.05) is 0 Å². The van der Waals surface area contributed by atoms with E-state index in [9.17, 15) is 13.2 Å². The molecule has 0 radical (unpaired) electrons. The molecule has 1 aromatic heterocycles. The maximum atomic E-state index is 13.7. The molecule has 8 heteroatoms. The van der Waals surface area contributed by atoms with Gasteiger partial charge in [-0.25, -0.2) is 13.2 Å². The summed E-state index contributed by atoms with van der Waals surface area (Å²) in [5.41, 5.74) is 0.445. The molecule has 3 rings (SSSR count). The summed E-state index contributed by atoms with van der Waals surface area (Å²) in [6, 6.07) is 1.86. The van der Waals surface area contributed by atoms with Crippen molar-refractivity contribution in [3.05, 3.63) is 57.6 Å². The first-order valence-corrected chi connectivity index (χ1v) is 8.03. The topological polar surface area (TPSA) is 34.1 Å². The number of nitrogens with zero attached hydrogens (tertiary/aromatic N) is 1. The van der Waals surface area contributed by atoms with E-state index in [4.69, 9.17) is 27.9 Å². The molecular formula is C16H13Cl2F3N2O. The Bertz CT molecular complexity index is 728. The van der Waals surface area contributed by atoms with E-state index in [0.717, 1.165) is 19.2 Å². The molecule has 2 atom stereocenters. The third kappa shape index (κ3) is 3.45. The van der Waals surface area contributed by atoms with Gasteiger partial charge in [0.05, 0.1) is 6.20 Å². The van der Waals surface area contributed by atoms with Gasteiger partial charge >= 0.3 is 0 Å². The average Bonchev–Trinajstić information content (AvgIpc) is 3.07. The number of rotatable bonds is 4. The summed E-state index contributed by atoms with van der Waals surface area (Å²) < 4.78 is 46.7. The van der Waals surface area contributed by atoms with Gasteiger partial charge in [0.2, 0.25) is 0 Å². The molecule has 24 heavy (non-hydrogen) atoms. The Hall–Kier alpha value is -1.50. The first-order chi connectivity index (χ1) is 11.5. The predicted octanol–water partition coefficient (Wildman–Crippen LogP) is 4.54. The second-order valence-corrected chi connectivity index (χ2v) is 6.28. The fourth-order valence-electron chi connectivity index (χ4n) is 2.74. The molecule has 0 spiro atoms. The zero-order valence-corrected chi connectivity index (χ0v) is 13.8. The largest absolute Gasteiger partial charge is 0.482 e. The molecule has 2 aromatic rings. The minimum atomic E-state index is -0.978. The van der Waals surface area contributed by atoms with Crippen LogP contribution in [0.25, 0.3) is 0 Å². The fourth-order valence-corrected chi connectivity index (χ4v) is 3.17. The fraction of sp³-hybridized carbons (Fsp3) is 0.312. The van der Waals surface area contributed by atoms with Gasteiger partial charge in [-0.15, -0.1) is 0 Å². The van der Waals surface area contributed by atoms with Crippen LogP contribution in [0.3, 0.4) is 0 Å². The minimum Gasteiger partial charge on any atom is -0.482 e. The monoisotopic (exact) mass is 376 g/mol. The van der Waals surface area contributed by atoms with Crippen LogP contribution >= 0.6 is 23.2 Å². The van der Waals surface area contributed by atoms with Crippen LogP contribution in [0.1, 0.15) is 18.1 Å². The molecule has 0 saturated carbocycles. The van der Waals surface area contributed by atoms with Gasteiger partial charge in [0, 0.05) is 30.3 Å². The first-order valence-electron chi connectivity index (χ1n) is 7.28. The highest BCUT2D eigenvalue weighted by Gasteiger charge is 2.31. The predicted molar refractivity (Wildman–Crippen MR) is 84.9 cm³/mol. The van der Waals surface area contributed by atoms with Gasteiger partial charge in [-0.2, -0.15) is 0 Å². The summed E-state index contributed by atoms with van der Waals surface area (Å²) in [5.74, 6) is -2.83. The van der Waals surface area contributed by atoms with Crippen molar-refractivity contribution in [2.45, 2.75) is 12.5 Å². The summed E-state index contributed by atoms with van der Waals surface area (Å²) in [7, 11) is 0. The summed E-state index contributed by atoms with van der Waals surface area (Å²) in [5, 5.41) is 2.34. The molecule has 1 aliphatic heterocycles. The number of halogens is 5. The minimum absolute atomic E-state index is 0.0490. The standard InChI is InChI=1S/C16H13Cl2F3N2O/c17-13-11(20)4-12(21)14(18)16(13)24-15(8-1-2-22-5-8)9-3-10(19)7-23-6-9/h3-4,6-8,15,22H,1-2,5H2. The van der Waals surface area contributed by atoms with E-state index >= 15 is 0 Å². The van der Waals surface area contributed by atoms with E-state index in [-0.39, 0.29) is 11.7 Å². The maximum Gasteiger partial charge on any atom is 0.163 e. The molecule has 2 unspecified atom stereocenters. The molecule has 1 aromatic carbocycles. The van der Waals surface area contributed by atoms with Crippen LogP contribution in [0.2, 0.25) is 10.0 Å². The van der Waals surface area contributed by atoms with E-state index < -0.39 is 33.6 Å². The lowest BCUT2D eigenvalue weighted by Crippen LogP contribution is -2.22. The Morgan fingerprint density at radius 3 is 2.42 bits per heavy atom. The molecule has 2 heterocycles. The van der Waals surface area contributed by atoms with Crippen LogP contribution in [0, 0.1) is 23.4 Å². The van der Waals surface area contributed by atoms with Gasteiger partial charge in [-0.05, 0) is 19.0 Å². The van der Waals surface area contributed by atoms with Crippen molar-refractivity contribution < 1.29 is 17.9 Å². The van der Waals surface area contributed by atoms with E-state index in [0.29, 0.717) is 18.2 Å². The van der Waals surface area contributed by atoms with Crippen molar-refractivity contribution >= 4 is 23.2 Å². The smallest absolute Gasteiger partial charge is 0.163 e. The Morgan fingerprint density at radius 1 is 1.12 bits per heavy atom. The van der Waals surface area contributed by atoms with Crippen LogP contribution in [0.4, 0.5) is 13.2 Å². The van der Waals surface area contributed by atoms with Crippen molar-refractivity contribution in [3.63, 3.8) is 0 Å². The second kappa shape index (κ2) is 7.17. The third-order valence-electron chi connectivity index (χ3n) is 3.90. The van der Waals surface area contributed by atoms with Crippen molar-refractivity contribution in [1.82, 2.24) is 10.3 Å². The number of pyridine rings is 1. The normalized spacial score (nSPS) is 18.6. The van der Waals surface area contributed by atoms with Gasteiger partial charge in [0.1, 0.15) is 33.6 Å². The van der Waals surface area contributed by atoms with Crippen LogP contribution in [-0.2, 0) is 0 Å². The van der Waals surface area contributed by atoms with Crippen molar-refractivity contribution in [1.29, 1.82) is 0 Å². The molecule has 1 aliphatic rings. The number of hydrogen-bond acceptors (Lipinski definition) is 3. The van der Waals surface area contributed by atoms with Crippen LogP contribution in [0.5, 0.6) is 5.75 Å². The van der Waals surface area contributed by atoms with E-state index in [1.165, 1.54) is 12.3 Å². The molecule has 0 amide bonds. The van der Waals surface area contributed by atoms with E-state index in [2.05, 4.69) is 10.3 Å². The summed E-state index contributed by atoms with van der Waals surface area (Å²) >= 11 is 11.8. The summed E-state index contributed by atoms with van der Waals surface area (Å²) in [4.78, 5) is 3.81. The van der Waals surface area contributed by atoms with Crippen LogP contribution in [-0.4, -0.2) is 18.1 Å². The van der Waals surface area contributed by atoms with Crippen molar-refractivity contribution in [2.24, 2.45) is 5.92 Å². The Balaban J connectivity index is 2.02. The van der Waals surface area contributed by atoms with Gasteiger partial charge in [0.25, 0.3) is 0 Å². The van der Waals surface area contributed by atoms with Gasteiger partial charge in [0.15, 0.2) is 5.75 Å². The highest BCUT2D eigenvalue weighted by atomic mass is 35.5. The first kappa shape index (κ1) is 17.3. The summed E-state index contributed by atoms with van der Waals surface area (Å²) in [6.07, 6.45) is 2.56. The lowest BCUT2D eigenvalue weighted by molar-refractivity contribution is 0.143. The second-order valence-electron chi connectivity index (χ2n) is 5.53. The molecule has 0 bridgehead atoms. The Morgan fingerprint density at radius 2 is 1.83 bits per heavy atom. The molecule has 1 N–H and O–H groups in total. The molecule has 128 valence electrons. The molecule has 0 aliphatic carbocycles. The lowest BCUT2D eigenvalue weighted by Gasteiger charge is -2.25. The van der Waals surface area contributed by atoms with Crippen LogP contribution < -0.4 is 10.1 Å². The van der Waals surface area contributed by atoms with Gasteiger partial charge in [-0.1, -0.05) is 23.2 Å². The number of benzene rings is 1. The zero-order chi connectivity index (χ0) is 17.3.